The third-order valence-corrected chi connectivity index (χ3v) is 5.66. The van der Waals surface area contributed by atoms with Crippen LogP contribution >= 0.6 is 11.3 Å². The lowest BCUT2D eigenvalue weighted by molar-refractivity contribution is 0.162. The molecule has 3 aromatic rings. The maximum absolute atomic E-state index is 13.5. The van der Waals surface area contributed by atoms with Crippen LogP contribution in [0.4, 0.5) is 4.39 Å². The number of rotatable bonds is 8. The summed E-state index contributed by atoms with van der Waals surface area (Å²) >= 11 is 1.63. The van der Waals surface area contributed by atoms with Gasteiger partial charge in [-0.1, -0.05) is 0 Å². The lowest BCUT2D eigenvalue weighted by Crippen LogP contribution is -2.25. The van der Waals surface area contributed by atoms with Crippen molar-refractivity contribution in [2.24, 2.45) is 0 Å². The average Bonchev–Trinajstić information content (AvgIpc) is 3.31. The molecule has 0 amide bonds. The second kappa shape index (κ2) is 9.15. The van der Waals surface area contributed by atoms with Crippen LogP contribution in [0.3, 0.4) is 0 Å². The highest BCUT2D eigenvalue weighted by atomic mass is 32.1. The molecule has 0 radical (unpaired) electrons. The topological polar surface area (TPSA) is 43.2 Å². The molecule has 0 spiro atoms. The zero-order chi connectivity index (χ0) is 21.0. The van der Waals surface area contributed by atoms with E-state index in [9.17, 15) is 4.39 Å². The minimum absolute atomic E-state index is 0.202. The molecular weight excluding hydrogens is 387 g/mol. The van der Waals surface area contributed by atoms with Crippen LogP contribution < -0.4 is 0 Å². The predicted octanol–water partition coefficient (Wildman–Crippen LogP) is 4.69. The van der Waals surface area contributed by atoms with Crippen LogP contribution in [0.5, 0.6) is 0 Å². The number of likely N-dealkylation sites (N-methyl/N-ethyl adjacent to an activating group) is 1. The van der Waals surface area contributed by atoms with Gasteiger partial charge >= 0.3 is 0 Å². The summed E-state index contributed by atoms with van der Waals surface area (Å²) in [5, 5.41) is 7.70. The second-order valence-corrected chi connectivity index (χ2v) is 9.04. The maximum atomic E-state index is 13.5. The minimum atomic E-state index is -0.244. The predicted molar refractivity (Wildman–Crippen MR) is 117 cm³/mol. The van der Waals surface area contributed by atoms with Crippen molar-refractivity contribution in [3.63, 3.8) is 0 Å². The molecule has 0 saturated carbocycles. The largest absolute Gasteiger partial charge is 0.383 e. The molecule has 1 aromatic carbocycles. The highest BCUT2D eigenvalue weighted by molar-refractivity contribution is 7.13. The Kier molecular flexibility index (Phi) is 6.82. The summed E-state index contributed by atoms with van der Waals surface area (Å²) in [4.78, 5) is 7.11. The number of nitrogens with zero attached hydrogens (tertiary/aromatic N) is 4. The number of hydrogen-bond donors (Lipinski definition) is 0. The van der Waals surface area contributed by atoms with E-state index in [1.807, 2.05) is 10.9 Å². The highest BCUT2D eigenvalue weighted by Crippen LogP contribution is 2.36. The van der Waals surface area contributed by atoms with Crippen LogP contribution in [0, 0.1) is 5.82 Å². The van der Waals surface area contributed by atoms with Gasteiger partial charge in [-0.2, -0.15) is 5.10 Å². The van der Waals surface area contributed by atoms with Gasteiger partial charge in [-0.3, -0.25) is 4.68 Å². The first-order chi connectivity index (χ1) is 13.8. The number of thiazole rings is 1. The molecule has 5 nitrogen and oxygen atoms in total. The summed E-state index contributed by atoms with van der Waals surface area (Å²) in [5.41, 5.74) is 3.75. The number of halogens is 1. The van der Waals surface area contributed by atoms with Crippen molar-refractivity contribution < 1.29 is 9.13 Å². The van der Waals surface area contributed by atoms with E-state index in [1.165, 1.54) is 12.1 Å². The van der Waals surface area contributed by atoms with E-state index in [0.717, 1.165) is 53.6 Å². The molecule has 29 heavy (non-hydrogen) atoms. The van der Waals surface area contributed by atoms with Gasteiger partial charge in [-0.15, -0.1) is 11.3 Å². The van der Waals surface area contributed by atoms with Gasteiger partial charge in [0.1, 0.15) is 10.8 Å². The van der Waals surface area contributed by atoms with Gasteiger partial charge < -0.3 is 9.64 Å². The Bertz CT molecular complexity index is 927. The van der Waals surface area contributed by atoms with Crippen LogP contribution in [0.2, 0.25) is 0 Å². The molecule has 0 N–H and O–H groups in total. The Labute approximate surface area is 176 Å². The zero-order valence-corrected chi connectivity index (χ0v) is 18.6. The van der Waals surface area contributed by atoms with Crippen LogP contribution in [-0.4, -0.2) is 53.5 Å². The third kappa shape index (κ3) is 5.29. The molecule has 0 fully saturated rings. The standard InChI is InChI=1S/C22H29FN4OS/c1-22(2,3)27-20(16-6-8-17(23)9-7-16)19(14-24-27)21-25-18(15-29-21)10-11-26(4)12-13-28-5/h6-9,14-15H,10-13H2,1-5H3. The Morgan fingerprint density at radius 2 is 1.90 bits per heavy atom. The van der Waals surface area contributed by atoms with Crippen LogP contribution in [0.15, 0.2) is 35.8 Å². The van der Waals surface area contributed by atoms with Gasteiger partial charge in [0.15, 0.2) is 0 Å². The van der Waals surface area contributed by atoms with E-state index < -0.39 is 0 Å². The van der Waals surface area contributed by atoms with Crippen molar-refractivity contribution in [1.29, 1.82) is 0 Å². The number of benzene rings is 1. The van der Waals surface area contributed by atoms with Crippen LogP contribution in [0.25, 0.3) is 21.8 Å². The molecule has 0 aliphatic carbocycles. The maximum Gasteiger partial charge on any atom is 0.127 e. The van der Waals surface area contributed by atoms with Crippen molar-refractivity contribution in [2.75, 3.05) is 33.9 Å². The Balaban J connectivity index is 1.89. The fourth-order valence-corrected chi connectivity index (χ4v) is 3.97. The molecule has 0 aliphatic heterocycles. The van der Waals surface area contributed by atoms with Gasteiger partial charge in [0.05, 0.1) is 35.3 Å². The molecule has 0 bridgehead atoms. The first-order valence-corrected chi connectivity index (χ1v) is 10.6. The lowest BCUT2D eigenvalue weighted by Gasteiger charge is -2.23. The van der Waals surface area contributed by atoms with Crippen molar-refractivity contribution in [1.82, 2.24) is 19.7 Å². The van der Waals surface area contributed by atoms with Crippen LogP contribution in [-0.2, 0) is 16.7 Å². The molecular formula is C22H29FN4OS. The number of hydrogen-bond acceptors (Lipinski definition) is 5. The first kappa shape index (κ1) is 21.6. The zero-order valence-electron chi connectivity index (χ0n) is 17.8. The van der Waals surface area contributed by atoms with E-state index in [2.05, 4.69) is 43.2 Å². The van der Waals surface area contributed by atoms with Gasteiger partial charge in [0.25, 0.3) is 0 Å². The monoisotopic (exact) mass is 416 g/mol. The van der Waals surface area contributed by atoms with E-state index >= 15 is 0 Å². The van der Waals surface area contributed by atoms with Crippen molar-refractivity contribution in [3.8, 4) is 21.8 Å². The smallest absolute Gasteiger partial charge is 0.127 e. The van der Waals surface area contributed by atoms with Crippen molar-refractivity contribution in [3.05, 3.63) is 47.4 Å². The molecule has 2 aromatic heterocycles. The summed E-state index contributed by atoms with van der Waals surface area (Å²) in [6, 6.07) is 6.58. The quantitative estimate of drug-likeness (QED) is 0.534. The van der Waals surface area contributed by atoms with Crippen molar-refractivity contribution in [2.45, 2.75) is 32.7 Å². The van der Waals surface area contributed by atoms with E-state index in [1.54, 1.807) is 30.6 Å². The summed E-state index contributed by atoms with van der Waals surface area (Å²) in [6.45, 7) is 8.89. The summed E-state index contributed by atoms with van der Waals surface area (Å²) < 4.78 is 20.6. The normalized spacial score (nSPS) is 12.1. The van der Waals surface area contributed by atoms with E-state index in [4.69, 9.17) is 9.72 Å². The van der Waals surface area contributed by atoms with Crippen LogP contribution in [0.1, 0.15) is 26.5 Å². The molecule has 7 heteroatoms. The molecule has 156 valence electrons. The van der Waals surface area contributed by atoms with Gasteiger partial charge in [-0.25, -0.2) is 9.37 Å². The van der Waals surface area contributed by atoms with E-state index in [-0.39, 0.29) is 11.4 Å². The second-order valence-electron chi connectivity index (χ2n) is 8.19. The van der Waals surface area contributed by atoms with Crippen molar-refractivity contribution >= 4 is 11.3 Å². The third-order valence-electron chi connectivity index (χ3n) is 4.73. The number of aromatic nitrogens is 3. The molecule has 0 aliphatic rings. The minimum Gasteiger partial charge on any atom is -0.383 e. The van der Waals surface area contributed by atoms with Gasteiger partial charge in [-0.05, 0) is 52.1 Å². The molecule has 3 rings (SSSR count). The fourth-order valence-electron chi connectivity index (χ4n) is 3.11. The number of methoxy groups -OCH3 is 1. The Morgan fingerprint density at radius 1 is 1.17 bits per heavy atom. The average molecular weight is 417 g/mol. The molecule has 0 atom stereocenters. The van der Waals surface area contributed by atoms with Gasteiger partial charge in [0, 0.05) is 37.6 Å². The molecule has 0 unspecified atom stereocenters. The molecule has 0 saturated heterocycles. The van der Waals surface area contributed by atoms with E-state index in [0.29, 0.717) is 0 Å². The Hall–Kier alpha value is -2.09. The SMILES string of the molecule is COCCN(C)CCc1csc(-c2cnn(C(C)(C)C)c2-c2ccc(F)cc2)n1. The summed E-state index contributed by atoms with van der Waals surface area (Å²) in [5.74, 6) is -0.244. The molecule has 2 heterocycles. The number of ether oxygens (including phenoxy) is 1. The first-order valence-electron chi connectivity index (χ1n) is 9.76. The fraction of sp³-hybridized carbons (Fsp3) is 0.455. The Morgan fingerprint density at radius 3 is 2.55 bits per heavy atom. The highest BCUT2D eigenvalue weighted by Gasteiger charge is 2.24. The van der Waals surface area contributed by atoms with Gasteiger partial charge in [0.2, 0.25) is 0 Å². The lowest BCUT2D eigenvalue weighted by atomic mass is 10.0. The summed E-state index contributed by atoms with van der Waals surface area (Å²) in [6.07, 6.45) is 2.76. The summed E-state index contributed by atoms with van der Waals surface area (Å²) in [7, 11) is 3.81.